The summed E-state index contributed by atoms with van der Waals surface area (Å²) in [6.07, 6.45) is 19.2. The highest BCUT2D eigenvalue weighted by atomic mass is 32.2. The molecule has 0 nitrogen and oxygen atoms in total. The predicted molar refractivity (Wildman–Crippen MR) is 114 cm³/mol. The minimum atomic E-state index is -0.0277. The molecule has 0 N–H and O–H groups in total. The largest absolute Gasteiger partial charge is 0.166 e. The first-order chi connectivity index (χ1) is 12.9. The molecular formula is C25H27S+. The maximum atomic E-state index is 2.40. The van der Waals surface area contributed by atoms with Crippen molar-refractivity contribution in [3.05, 3.63) is 95.4 Å². The number of rotatable bonds is 4. The molecule has 2 aliphatic rings. The van der Waals surface area contributed by atoms with E-state index in [0.29, 0.717) is 0 Å². The SMILES string of the molecule is C1=CCC=C([S+](c2ccccc2)c2ccc(C3CCCCC3)cc2)C=C1. The molecule has 1 saturated carbocycles. The molecule has 2 aliphatic carbocycles. The van der Waals surface area contributed by atoms with Gasteiger partial charge in [0, 0.05) is 0 Å². The van der Waals surface area contributed by atoms with Crippen LogP contribution in [0.1, 0.15) is 50.0 Å². The first-order valence-corrected chi connectivity index (χ1v) is 11.1. The fourth-order valence-corrected chi connectivity index (χ4v) is 6.12. The van der Waals surface area contributed by atoms with Crippen LogP contribution in [0.4, 0.5) is 0 Å². The quantitative estimate of drug-likeness (QED) is 0.508. The maximum absolute atomic E-state index is 2.40. The van der Waals surface area contributed by atoms with Crippen molar-refractivity contribution in [1.29, 1.82) is 0 Å². The fraction of sp³-hybridized carbons (Fsp3) is 0.280. The molecule has 132 valence electrons. The van der Waals surface area contributed by atoms with Crippen LogP contribution < -0.4 is 0 Å². The van der Waals surface area contributed by atoms with Gasteiger partial charge in [-0.25, -0.2) is 0 Å². The van der Waals surface area contributed by atoms with E-state index in [1.54, 1.807) is 0 Å². The van der Waals surface area contributed by atoms with Gasteiger partial charge in [0.25, 0.3) is 0 Å². The number of allylic oxidation sites excluding steroid dienone is 5. The van der Waals surface area contributed by atoms with E-state index in [0.717, 1.165) is 12.3 Å². The first kappa shape index (κ1) is 17.4. The standard InChI is InChI=1S/C25H27S/c1-2-8-14-23(13-7-1)26(24-15-9-4-10-16-24)25-19-17-22(18-20-25)21-11-5-3-6-12-21/h1-2,4,7,9-10,13-21H,3,5-6,8,11-12H2/q+1. The molecule has 0 bridgehead atoms. The topological polar surface area (TPSA) is 0 Å². The van der Waals surface area contributed by atoms with Gasteiger partial charge in [-0.1, -0.05) is 67.8 Å². The highest BCUT2D eigenvalue weighted by Crippen LogP contribution is 2.36. The van der Waals surface area contributed by atoms with E-state index in [4.69, 9.17) is 0 Å². The zero-order chi connectivity index (χ0) is 17.6. The van der Waals surface area contributed by atoms with Gasteiger partial charge in [-0.2, -0.15) is 0 Å². The summed E-state index contributed by atoms with van der Waals surface area (Å²) in [6.45, 7) is 0. The van der Waals surface area contributed by atoms with Crippen molar-refractivity contribution in [1.82, 2.24) is 0 Å². The third kappa shape index (κ3) is 4.04. The van der Waals surface area contributed by atoms with Gasteiger partial charge in [0.2, 0.25) is 0 Å². The average Bonchev–Trinajstić information content (AvgIpc) is 3.00. The minimum Gasteiger partial charge on any atom is -0.0805 e. The van der Waals surface area contributed by atoms with Crippen LogP contribution in [0.15, 0.2) is 99.7 Å². The van der Waals surface area contributed by atoms with Crippen LogP contribution in [0.3, 0.4) is 0 Å². The molecule has 2 aromatic carbocycles. The second-order valence-electron chi connectivity index (χ2n) is 7.15. The van der Waals surface area contributed by atoms with Gasteiger partial charge in [0.15, 0.2) is 14.7 Å². The van der Waals surface area contributed by atoms with Gasteiger partial charge in [-0.15, -0.1) is 0 Å². The van der Waals surface area contributed by atoms with E-state index < -0.39 is 0 Å². The molecule has 1 fully saturated rings. The Balaban J connectivity index is 1.66. The molecule has 0 aliphatic heterocycles. The normalized spacial score (nSPS) is 19.0. The Morgan fingerprint density at radius 2 is 1.46 bits per heavy atom. The summed E-state index contributed by atoms with van der Waals surface area (Å²) in [6, 6.07) is 20.5. The third-order valence-corrected chi connectivity index (χ3v) is 7.63. The van der Waals surface area contributed by atoms with Crippen molar-refractivity contribution in [2.24, 2.45) is 0 Å². The summed E-state index contributed by atoms with van der Waals surface area (Å²) in [5, 5.41) is 0. The summed E-state index contributed by atoms with van der Waals surface area (Å²) in [4.78, 5) is 4.25. The average molecular weight is 360 g/mol. The predicted octanol–water partition coefficient (Wildman–Crippen LogP) is 7.17. The van der Waals surface area contributed by atoms with Gasteiger partial charge >= 0.3 is 0 Å². The Hall–Kier alpha value is -1.99. The Morgan fingerprint density at radius 1 is 0.731 bits per heavy atom. The number of hydrogen-bond donors (Lipinski definition) is 0. The van der Waals surface area contributed by atoms with E-state index in [1.807, 2.05) is 0 Å². The van der Waals surface area contributed by atoms with Crippen LogP contribution in [0.5, 0.6) is 0 Å². The molecule has 1 atom stereocenters. The molecule has 0 radical (unpaired) electrons. The number of benzene rings is 2. The van der Waals surface area contributed by atoms with E-state index in [9.17, 15) is 0 Å². The summed E-state index contributed by atoms with van der Waals surface area (Å²) >= 11 is 0. The van der Waals surface area contributed by atoms with Gasteiger partial charge < -0.3 is 0 Å². The lowest BCUT2D eigenvalue weighted by Crippen LogP contribution is -2.08. The molecular weight excluding hydrogens is 332 g/mol. The molecule has 1 heteroatoms. The summed E-state index contributed by atoms with van der Waals surface area (Å²) in [7, 11) is -0.0277. The van der Waals surface area contributed by atoms with Crippen molar-refractivity contribution >= 4 is 10.9 Å². The Kier molecular flexibility index (Phi) is 5.76. The van der Waals surface area contributed by atoms with Crippen LogP contribution >= 0.6 is 0 Å². The van der Waals surface area contributed by atoms with Crippen LogP contribution in [0.2, 0.25) is 0 Å². The van der Waals surface area contributed by atoms with Crippen molar-refractivity contribution in [2.75, 3.05) is 0 Å². The highest BCUT2D eigenvalue weighted by molar-refractivity contribution is 8.00. The zero-order valence-electron chi connectivity index (χ0n) is 15.3. The maximum Gasteiger partial charge on any atom is 0.166 e. The minimum absolute atomic E-state index is 0.0277. The molecule has 0 spiro atoms. The number of hydrogen-bond acceptors (Lipinski definition) is 0. The smallest absolute Gasteiger partial charge is 0.0805 e. The van der Waals surface area contributed by atoms with Crippen LogP contribution in [-0.4, -0.2) is 0 Å². The third-order valence-electron chi connectivity index (χ3n) is 5.37. The molecule has 4 rings (SSSR count). The van der Waals surface area contributed by atoms with Crippen LogP contribution in [-0.2, 0) is 10.9 Å². The van der Waals surface area contributed by atoms with E-state index in [2.05, 4.69) is 85.0 Å². The van der Waals surface area contributed by atoms with Crippen LogP contribution in [0.25, 0.3) is 0 Å². The van der Waals surface area contributed by atoms with Gasteiger partial charge in [0.05, 0.1) is 10.9 Å². The molecule has 1 unspecified atom stereocenters. The summed E-state index contributed by atoms with van der Waals surface area (Å²) in [5.41, 5.74) is 1.54. The Labute approximate surface area is 160 Å². The monoisotopic (exact) mass is 359 g/mol. The van der Waals surface area contributed by atoms with E-state index >= 15 is 0 Å². The van der Waals surface area contributed by atoms with Crippen molar-refractivity contribution in [2.45, 2.75) is 54.2 Å². The zero-order valence-corrected chi connectivity index (χ0v) is 16.1. The first-order valence-electron chi connectivity index (χ1n) is 9.84. The lowest BCUT2D eigenvalue weighted by Gasteiger charge is -2.22. The molecule has 2 aromatic rings. The molecule has 0 aromatic heterocycles. The van der Waals surface area contributed by atoms with Gasteiger partial charge in [-0.05, 0) is 67.2 Å². The Bertz CT molecular complexity index is 790. The van der Waals surface area contributed by atoms with Gasteiger partial charge in [-0.3, -0.25) is 0 Å². The summed E-state index contributed by atoms with van der Waals surface area (Å²) in [5.74, 6) is 0.775. The fourth-order valence-electron chi connectivity index (χ4n) is 3.99. The highest BCUT2D eigenvalue weighted by Gasteiger charge is 2.29. The second-order valence-corrected chi connectivity index (χ2v) is 9.18. The van der Waals surface area contributed by atoms with E-state index in [-0.39, 0.29) is 10.9 Å². The van der Waals surface area contributed by atoms with Gasteiger partial charge in [0.1, 0.15) is 0 Å². The molecule has 0 saturated heterocycles. The van der Waals surface area contributed by atoms with Crippen LogP contribution in [0, 0.1) is 0 Å². The van der Waals surface area contributed by atoms with Crippen molar-refractivity contribution in [3.8, 4) is 0 Å². The molecule has 0 heterocycles. The lowest BCUT2D eigenvalue weighted by atomic mass is 9.84. The van der Waals surface area contributed by atoms with Crippen molar-refractivity contribution < 1.29 is 0 Å². The summed E-state index contributed by atoms with van der Waals surface area (Å²) < 4.78 is 0. The Morgan fingerprint density at radius 3 is 2.23 bits per heavy atom. The van der Waals surface area contributed by atoms with E-state index in [1.165, 1.54) is 52.4 Å². The lowest BCUT2D eigenvalue weighted by molar-refractivity contribution is 0.443. The second kappa shape index (κ2) is 8.60. The molecule has 26 heavy (non-hydrogen) atoms. The van der Waals surface area contributed by atoms with Crippen molar-refractivity contribution in [3.63, 3.8) is 0 Å². The molecule has 0 amide bonds.